The number of fused-ring (bicyclic) bond motifs is 1. The third-order valence-corrected chi connectivity index (χ3v) is 4.39. The molecule has 5 heteroatoms. The van der Waals surface area contributed by atoms with E-state index in [0.29, 0.717) is 5.56 Å². The molecule has 4 rings (SSSR count). The first-order valence-corrected chi connectivity index (χ1v) is 7.70. The van der Waals surface area contributed by atoms with E-state index in [2.05, 4.69) is 5.32 Å². The zero-order chi connectivity index (χ0) is 16.0. The molecule has 2 aliphatic rings. The average Bonchev–Trinajstić information content (AvgIpc) is 3.39. The van der Waals surface area contributed by atoms with Crippen LogP contribution in [-0.2, 0) is 0 Å². The number of benzene rings is 2. The molecule has 0 spiro atoms. The van der Waals surface area contributed by atoms with Crippen LogP contribution in [-0.4, -0.2) is 24.0 Å². The number of hydrogen-bond donors (Lipinski definition) is 1. The average molecular weight is 312 g/mol. The lowest BCUT2D eigenvalue weighted by atomic mass is 10.0. The molecule has 23 heavy (non-hydrogen) atoms. The molecule has 1 aliphatic heterocycles. The highest BCUT2D eigenvalue weighted by molar-refractivity contribution is 6.02. The van der Waals surface area contributed by atoms with Crippen molar-refractivity contribution in [2.75, 3.05) is 12.4 Å². The summed E-state index contributed by atoms with van der Waals surface area (Å²) in [5.41, 5.74) is 2.18. The van der Waals surface area contributed by atoms with Crippen molar-refractivity contribution in [3.63, 3.8) is 0 Å². The smallest absolute Gasteiger partial charge is 0.258 e. The van der Waals surface area contributed by atoms with Gasteiger partial charge in [0.15, 0.2) is 11.6 Å². The van der Waals surface area contributed by atoms with Gasteiger partial charge in [0.05, 0.1) is 12.7 Å². The fourth-order valence-corrected chi connectivity index (χ4v) is 3.09. The molecule has 1 fully saturated rings. The number of rotatable bonds is 3. The number of methoxy groups -OCH3 is 1. The molecule has 2 aromatic rings. The van der Waals surface area contributed by atoms with Gasteiger partial charge in [-0.25, -0.2) is 4.39 Å². The molecule has 0 radical (unpaired) electrons. The second-order valence-corrected chi connectivity index (χ2v) is 5.93. The molecule has 1 saturated carbocycles. The van der Waals surface area contributed by atoms with Crippen LogP contribution in [0.1, 0.15) is 34.9 Å². The van der Waals surface area contributed by atoms with Crippen LogP contribution in [0.3, 0.4) is 0 Å². The lowest BCUT2D eigenvalue weighted by Gasteiger charge is -2.38. The van der Waals surface area contributed by atoms with Crippen molar-refractivity contribution in [2.24, 2.45) is 0 Å². The van der Waals surface area contributed by atoms with Crippen LogP contribution in [0.25, 0.3) is 0 Å². The van der Waals surface area contributed by atoms with Crippen LogP contribution in [0.15, 0.2) is 42.5 Å². The van der Waals surface area contributed by atoms with E-state index in [4.69, 9.17) is 4.74 Å². The fourth-order valence-electron chi connectivity index (χ4n) is 3.09. The van der Waals surface area contributed by atoms with E-state index in [0.717, 1.165) is 24.1 Å². The molecule has 1 aliphatic carbocycles. The van der Waals surface area contributed by atoms with Crippen molar-refractivity contribution in [2.45, 2.75) is 25.0 Å². The third kappa shape index (κ3) is 2.32. The van der Waals surface area contributed by atoms with E-state index in [-0.39, 0.29) is 23.9 Å². The number of hydrogen-bond acceptors (Lipinski definition) is 3. The predicted molar refractivity (Wildman–Crippen MR) is 84.9 cm³/mol. The molecule has 0 aromatic heterocycles. The van der Waals surface area contributed by atoms with Crippen molar-refractivity contribution >= 4 is 11.6 Å². The van der Waals surface area contributed by atoms with Gasteiger partial charge in [-0.05, 0) is 42.7 Å². The molecule has 1 atom stereocenters. The van der Waals surface area contributed by atoms with Crippen molar-refractivity contribution in [3.05, 3.63) is 59.4 Å². The standard InChI is InChI=1S/C18H17FN2O2/c1-23-16-9-6-11(10-14(16)19)17-20-15-5-3-2-4-13(15)18(22)21(17)12-7-8-12/h2-6,9-10,12,17,20H,7-8H2,1H3/t17-/m1/s1. The van der Waals surface area contributed by atoms with Crippen LogP contribution in [0.4, 0.5) is 10.1 Å². The summed E-state index contributed by atoms with van der Waals surface area (Å²) in [6, 6.07) is 12.5. The van der Waals surface area contributed by atoms with Crippen molar-refractivity contribution < 1.29 is 13.9 Å². The molecular weight excluding hydrogens is 295 g/mol. The van der Waals surface area contributed by atoms with Gasteiger partial charge in [0.1, 0.15) is 6.17 Å². The molecule has 0 unspecified atom stereocenters. The highest BCUT2D eigenvalue weighted by atomic mass is 19.1. The quantitative estimate of drug-likeness (QED) is 0.942. The summed E-state index contributed by atoms with van der Waals surface area (Å²) in [6.45, 7) is 0. The SMILES string of the molecule is COc1ccc([C@@H]2Nc3ccccc3C(=O)N2C2CC2)cc1F. The minimum Gasteiger partial charge on any atom is -0.494 e. The first kappa shape index (κ1) is 14.1. The Labute approximate surface area is 133 Å². The summed E-state index contributed by atoms with van der Waals surface area (Å²) in [7, 11) is 1.44. The van der Waals surface area contributed by atoms with Crippen molar-refractivity contribution in [1.29, 1.82) is 0 Å². The van der Waals surface area contributed by atoms with E-state index in [1.165, 1.54) is 13.2 Å². The van der Waals surface area contributed by atoms with Gasteiger partial charge in [0, 0.05) is 11.7 Å². The van der Waals surface area contributed by atoms with Gasteiger partial charge < -0.3 is 15.0 Å². The maximum absolute atomic E-state index is 14.1. The fraction of sp³-hybridized carbons (Fsp3) is 0.278. The second kappa shape index (κ2) is 5.26. The number of halogens is 1. The van der Waals surface area contributed by atoms with Gasteiger partial charge in [0.2, 0.25) is 0 Å². The Balaban J connectivity index is 1.77. The second-order valence-electron chi connectivity index (χ2n) is 5.93. The third-order valence-electron chi connectivity index (χ3n) is 4.39. The highest BCUT2D eigenvalue weighted by Gasteiger charge is 2.42. The number of ether oxygens (including phenoxy) is 1. The van der Waals surface area contributed by atoms with Crippen LogP contribution in [0.2, 0.25) is 0 Å². The van der Waals surface area contributed by atoms with Crippen LogP contribution in [0, 0.1) is 5.82 Å². The number of amides is 1. The highest BCUT2D eigenvalue weighted by Crippen LogP contribution is 2.41. The molecule has 1 amide bonds. The Hall–Kier alpha value is -2.56. The van der Waals surface area contributed by atoms with Gasteiger partial charge in [-0.1, -0.05) is 18.2 Å². The predicted octanol–water partition coefficient (Wildman–Crippen LogP) is 3.56. The topological polar surface area (TPSA) is 41.6 Å². The lowest BCUT2D eigenvalue weighted by Crippen LogP contribution is -2.44. The number of carbonyl (C=O) groups is 1. The molecule has 0 bridgehead atoms. The largest absolute Gasteiger partial charge is 0.494 e. The molecule has 118 valence electrons. The maximum atomic E-state index is 14.1. The van der Waals surface area contributed by atoms with Gasteiger partial charge in [-0.3, -0.25) is 4.79 Å². The number of carbonyl (C=O) groups excluding carboxylic acids is 1. The Bertz CT molecular complexity index is 773. The van der Waals surface area contributed by atoms with Gasteiger partial charge in [-0.2, -0.15) is 0 Å². The maximum Gasteiger partial charge on any atom is 0.258 e. The van der Waals surface area contributed by atoms with E-state index < -0.39 is 5.82 Å². The Kier molecular flexibility index (Phi) is 3.22. The molecule has 0 saturated heterocycles. The summed E-state index contributed by atoms with van der Waals surface area (Å²) < 4.78 is 19.1. The number of nitrogens with zero attached hydrogens (tertiary/aromatic N) is 1. The summed E-state index contributed by atoms with van der Waals surface area (Å²) in [5, 5.41) is 3.38. The minimum absolute atomic E-state index is 0.00285. The Morgan fingerprint density at radius 2 is 2.00 bits per heavy atom. The minimum atomic E-state index is -0.422. The molecule has 4 nitrogen and oxygen atoms in total. The van der Waals surface area contributed by atoms with E-state index in [1.807, 2.05) is 29.2 Å². The normalized spacial score (nSPS) is 20.0. The van der Waals surface area contributed by atoms with E-state index in [1.54, 1.807) is 12.1 Å². The number of nitrogens with one attached hydrogen (secondary N) is 1. The monoisotopic (exact) mass is 312 g/mol. The Morgan fingerprint density at radius 1 is 1.22 bits per heavy atom. The number of anilines is 1. The van der Waals surface area contributed by atoms with E-state index >= 15 is 0 Å². The number of para-hydroxylation sites is 1. The van der Waals surface area contributed by atoms with Crippen molar-refractivity contribution in [1.82, 2.24) is 4.90 Å². The van der Waals surface area contributed by atoms with Gasteiger partial charge in [0.25, 0.3) is 5.91 Å². The van der Waals surface area contributed by atoms with Gasteiger partial charge in [-0.15, -0.1) is 0 Å². The summed E-state index contributed by atoms with van der Waals surface area (Å²) in [6.07, 6.45) is 1.63. The molecule has 1 N–H and O–H groups in total. The molecule has 2 aromatic carbocycles. The van der Waals surface area contributed by atoms with Crippen LogP contribution in [0.5, 0.6) is 5.75 Å². The first-order valence-electron chi connectivity index (χ1n) is 7.70. The lowest BCUT2D eigenvalue weighted by molar-refractivity contribution is 0.0666. The summed E-state index contributed by atoms with van der Waals surface area (Å²) in [5.74, 6) is -0.216. The van der Waals surface area contributed by atoms with Crippen LogP contribution >= 0.6 is 0 Å². The molecular formula is C18H17FN2O2. The summed E-state index contributed by atoms with van der Waals surface area (Å²) >= 11 is 0. The zero-order valence-electron chi connectivity index (χ0n) is 12.8. The van der Waals surface area contributed by atoms with Crippen molar-refractivity contribution in [3.8, 4) is 5.75 Å². The Morgan fingerprint density at radius 3 is 2.70 bits per heavy atom. The van der Waals surface area contributed by atoms with Crippen LogP contribution < -0.4 is 10.1 Å². The molecule has 1 heterocycles. The van der Waals surface area contributed by atoms with E-state index in [9.17, 15) is 9.18 Å². The first-order chi connectivity index (χ1) is 11.2. The zero-order valence-corrected chi connectivity index (χ0v) is 12.8. The van der Waals surface area contributed by atoms with Gasteiger partial charge >= 0.3 is 0 Å². The summed E-state index contributed by atoms with van der Waals surface area (Å²) in [4.78, 5) is 14.7.